The molecule has 0 heterocycles. The number of hydrogen-bond donors (Lipinski definition) is 1. The molecule has 0 bridgehead atoms. The van der Waals surface area contributed by atoms with Crippen LogP contribution in [0.25, 0.3) is 0 Å². The zero-order valence-corrected chi connectivity index (χ0v) is 25.2. The van der Waals surface area contributed by atoms with Crippen LogP contribution in [-0.2, 0) is 0 Å². The summed E-state index contributed by atoms with van der Waals surface area (Å²) in [5.41, 5.74) is 0. The highest BCUT2D eigenvalue weighted by Gasteiger charge is 3.01. The number of hydrogen-bond acceptors (Lipinski definition) is 1. The summed E-state index contributed by atoms with van der Waals surface area (Å²) >= 11 is 0. The number of rotatable bonds is 20. The first kappa shape index (κ1) is 53.6. The van der Waals surface area contributed by atoms with Crippen LogP contribution < -0.4 is 0 Å². The van der Waals surface area contributed by atoms with Crippen molar-refractivity contribution in [2.75, 3.05) is 6.61 Å². The van der Waals surface area contributed by atoms with Crippen LogP contribution >= 0.6 is 0 Å². The summed E-state index contributed by atoms with van der Waals surface area (Å²) in [4.78, 5) is 0. The van der Waals surface area contributed by atoms with E-state index in [-0.39, 0.29) is 0 Å². The van der Waals surface area contributed by atoms with Gasteiger partial charge >= 0.3 is 95.0 Å². The molecule has 34 heteroatoms. The maximum atomic E-state index is 14.0. The maximum absolute atomic E-state index is 14.0. The SMILES string of the molecule is OCCCCCCC(F)(F)C(F)(F)C(F)(F)C(F)(F)C(F)(F)C(F)(F)C(F)(F)C(F)(F)C(F)(F)C(F)(F)C(F)(F)C(F)(F)C(F)(F)C(F)(F)C(F)(F)C(F)(F)F. The Morgan fingerprint density at radius 1 is 0.214 bits per heavy atom. The Kier molecular flexibility index (Phi) is 13.6. The second kappa shape index (κ2) is 14.1. The van der Waals surface area contributed by atoms with Crippen LogP contribution in [0.4, 0.5) is 145 Å². The normalized spacial score (nSPS) is 16.8. The van der Waals surface area contributed by atoms with Crippen molar-refractivity contribution in [1.29, 1.82) is 0 Å². The van der Waals surface area contributed by atoms with Crippen LogP contribution in [0.1, 0.15) is 32.1 Å². The Hall–Kier alpha value is -2.35. The number of aliphatic hydroxyl groups excluding tert-OH is 1. The summed E-state index contributed by atoms with van der Waals surface area (Å²) in [5.74, 6) is -142. The van der Waals surface area contributed by atoms with Crippen molar-refractivity contribution < 1.29 is 150 Å². The number of halogens is 33. The van der Waals surface area contributed by atoms with Crippen molar-refractivity contribution in [2.24, 2.45) is 0 Å². The lowest BCUT2D eigenvalue weighted by atomic mass is 9.82. The Balaban J connectivity index is 7.52. The average molecular weight is 920 g/mol. The van der Waals surface area contributed by atoms with Crippen LogP contribution in [0.5, 0.6) is 0 Å². The van der Waals surface area contributed by atoms with Gasteiger partial charge in [-0.3, -0.25) is 0 Å². The molecule has 0 rings (SSSR count). The van der Waals surface area contributed by atoms with Crippen molar-refractivity contribution in [3.8, 4) is 0 Å². The zero-order chi connectivity index (χ0) is 46.2. The molecule has 0 fully saturated rings. The summed E-state index contributed by atoms with van der Waals surface area (Å²) in [5, 5.41) is 8.42. The lowest BCUT2D eigenvalue weighted by Gasteiger charge is -2.47. The quantitative estimate of drug-likeness (QED) is 0.0953. The van der Waals surface area contributed by atoms with Gasteiger partial charge in [0.15, 0.2) is 0 Å². The van der Waals surface area contributed by atoms with E-state index < -0.39 is 134 Å². The van der Waals surface area contributed by atoms with Gasteiger partial charge in [-0.1, -0.05) is 12.8 Å². The van der Waals surface area contributed by atoms with Crippen LogP contribution in [0.2, 0.25) is 0 Å². The van der Waals surface area contributed by atoms with Gasteiger partial charge in [0.1, 0.15) is 0 Å². The van der Waals surface area contributed by atoms with Gasteiger partial charge in [-0.25, -0.2) is 0 Å². The number of aliphatic hydroxyl groups is 1. The first-order chi connectivity index (χ1) is 23.8. The molecule has 0 aromatic rings. The predicted octanol–water partition coefficient (Wildman–Crippen LogP) is 12.0. The van der Waals surface area contributed by atoms with Crippen molar-refractivity contribution in [3.05, 3.63) is 0 Å². The maximum Gasteiger partial charge on any atom is 0.460 e. The van der Waals surface area contributed by atoms with Crippen LogP contribution in [0, 0.1) is 0 Å². The monoisotopic (exact) mass is 920 g/mol. The van der Waals surface area contributed by atoms with E-state index in [1.54, 1.807) is 0 Å². The second-order valence-electron chi connectivity index (χ2n) is 11.1. The van der Waals surface area contributed by atoms with E-state index in [0.717, 1.165) is 0 Å². The largest absolute Gasteiger partial charge is 0.460 e. The fraction of sp³-hybridized carbons (Fsp3) is 1.00. The minimum atomic E-state index is -10.2. The molecular formula is C22H13F33O. The molecule has 0 spiro atoms. The van der Waals surface area contributed by atoms with Gasteiger partial charge in [0, 0.05) is 13.0 Å². The summed E-state index contributed by atoms with van der Waals surface area (Å²) in [6.45, 7) is -0.788. The van der Waals surface area contributed by atoms with E-state index in [1.165, 1.54) is 0 Å². The van der Waals surface area contributed by atoms with Crippen molar-refractivity contribution in [3.63, 3.8) is 0 Å². The van der Waals surface area contributed by atoms with Gasteiger partial charge < -0.3 is 5.11 Å². The first-order valence-corrected chi connectivity index (χ1v) is 13.2. The van der Waals surface area contributed by atoms with Gasteiger partial charge in [-0.05, 0) is 12.8 Å². The topological polar surface area (TPSA) is 20.2 Å². The third kappa shape index (κ3) is 6.70. The number of alkyl halides is 33. The van der Waals surface area contributed by atoms with Crippen LogP contribution in [-0.4, -0.2) is 107 Å². The van der Waals surface area contributed by atoms with E-state index in [9.17, 15) is 145 Å². The molecule has 0 unspecified atom stereocenters. The van der Waals surface area contributed by atoms with E-state index in [1.807, 2.05) is 0 Å². The highest BCUT2D eigenvalue weighted by molar-refractivity contribution is 5.22. The molecule has 338 valence electrons. The lowest BCUT2D eigenvalue weighted by Crippen LogP contribution is -2.80. The zero-order valence-electron chi connectivity index (χ0n) is 25.2. The Labute approximate surface area is 285 Å². The third-order valence-corrected chi connectivity index (χ3v) is 7.34. The summed E-state index contributed by atoms with van der Waals surface area (Å²) < 4.78 is 448. The molecule has 0 aliphatic carbocycles. The molecule has 1 nitrogen and oxygen atoms in total. The molecule has 0 radical (unpaired) electrons. The van der Waals surface area contributed by atoms with Gasteiger partial charge in [-0.15, -0.1) is 0 Å². The van der Waals surface area contributed by atoms with Crippen molar-refractivity contribution in [1.82, 2.24) is 0 Å². The highest BCUT2D eigenvalue weighted by Crippen LogP contribution is 2.70. The van der Waals surface area contributed by atoms with Crippen molar-refractivity contribution in [2.45, 2.75) is 127 Å². The van der Waals surface area contributed by atoms with Crippen LogP contribution in [0.15, 0.2) is 0 Å². The van der Waals surface area contributed by atoms with E-state index in [0.29, 0.717) is 0 Å². The minimum absolute atomic E-state index is 0.398. The smallest absolute Gasteiger partial charge is 0.396 e. The van der Waals surface area contributed by atoms with Gasteiger partial charge in [0.25, 0.3) is 0 Å². The van der Waals surface area contributed by atoms with Gasteiger partial charge in [-0.2, -0.15) is 145 Å². The summed E-state index contributed by atoms with van der Waals surface area (Å²) in [6.07, 6.45) is -14.6. The fourth-order valence-electron chi connectivity index (χ4n) is 3.74. The Morgan fingerprint density at radius 3 is 0.589 bits per heavy atom. The van der Waals surface area contributed by atoms with E-state index in [2.05, 4.69) is 0 Å². The molecule has 0 aromatic heterocycles. The molecule has 0 atom stereocenters. The fourth-order valence-corrected chi connectivity index (χ4v) is 3.74. The Morgan fingerprint density at radius 2 is 0.393 bits per heavy atom. The molecule has 0 aromatic carbocycles. The second-order valence-corrected chi connectivity index (χ2v) is 11.1. The van der Waals surface area contributed by atoms with Gasteiger partial charge in [0.05, 0.1) is 0 Å². The van der Waals surface area contributed by atoms with E-state index >= 15 is 0 Å². The molecule has 0 saturated heterocycles. The Bertz CT molecular complexity index is 1350. The third-order valence-electron chi connectivity index (χ3n) is 7.34. The lowest BCUT2D eigenvalue weighted by molar-refractivity contribution is -0.491. The number of unbranched alkanes of at least 4 members (excludes halogenated alkanes) is 3. The minimum Gasteiger partial charge on any atom is -0.396 e. The predicted molar refractivity (Wildman–Crippen MR) is 110 cm³/mol. The standard InChI is InChI=1S/C22H13F33O/c23-7(24,5-3-1-2-4-6-56)8(25,26)9(27,28)10(29,30)11(31,32)12(33,34)13(35,36)14(37,38)15(39,40)16(41,42)17(43,44)18(45,46)19(47,48)20(49,50)21(51,52)22(53,54)55/h56H,1-6H2. The summed E-state index contributed by atoms with van der Waals surface area (Å²) in [6, 6.07) is 0. The van der Waals surface area contributed by atoms with Crippen molar-refractivity contribution >= 4 is 0 Å². The molecule has 0 aliphatic rings. The summed E-state index contributed by atoms with van der Waals surface area (Å²) in [7, 11) is 0. The van der Waals surface area contributed by atoms with E-state index in [4.69, 9.17) is 5.11 Å². The molecule has 56 heavy (non-hydrogen) atoms. The molecule has 0 amide bonds. The molecule has 0 aliphatic heterocycles. The highest BCUT2D eigenvalue weighted by atomic mass is 19.4. The first-order valence-electron chi connectivity index (χ1n) is 13.2. The van der Waals surface area contributed by atoms with Gasteiger partial charge in [0.2, 0.25) is 0 Å². The molecular weight excluding hydrogens is 907 g/mol. The molecule has 1 N–H and O–H groups in total. The molecule has 0 saturated carbocycles. The average Bonchev–Trinajstić information content (AvgIpc) is 2.98. The van der Waals surface area contributed by atoms with Crippen LogP contribution in [0.3, 0.4) is 0 Å².